The molecule has 7 heteroatoms. The van der Waals surface area contributed by atoms with Gasteiger partial charge in [0.1, 0.15) is 11.2 Å². The number of aromatic nitrogens is 3. The highest BCUT2D eigenvalue weighted by Crippen LogP contribution is 2.21. The standard InChI is InChI=1S/C11H9N5OS/c12-7-3-1-2-6-4-8(14-9(6)7)10(17)15-11-16-13-5-18-11/h1-5,14H,12H2,(H,15,16,17). The molecule has 0 bridgehead atoms. The Bertz CT molecular complexity index is 703. The van der Waals surface area contributed by atoms with Gasteiger partial charge in [-0.3, -0.25) is 10.1 Å². The maximum absolute atomic E-state index is 11.9. The number of amides is 1. The van der Waals surface area contributed by atoms with Crippen LogP contribution in [0.1, 0.15) is 10.5 Å². The first-order valence-electron chi connectivity index (χ1n) is 5.19. The molecule has 18 heavy (non-hydrogen) atoms. The largest absolute Gasteiger partial charge is 0.397 e. The summed E-state index contributed by atoms with van der Waals surface area (Å²) in [6.45, 7) is 0. The maximum atomic E-state index is 11.9. The van der Waals surface area contributed by atoms with Crippen LogP contribution in [0.2, 0.25) is 0 Å². The predicted octanol–water partition coefficient (Wildman–Crippen LogP) is 1.85. The van der Waals surface area contributed by atoms with Crippen LogP contribution < -0.4 is 11.1 Å². The normalized spacial score (nSPS) is 10.7. The van der Waals surface area contributed by atoms with E-state index in [9.17, 15) is 4.79 Å². The lowest BCUT2D eigenvalue weighted by Crippen LogP contribution is -2.11. The Labute approximate surface area is 106 Å². The minimum Gasteiger partial charge on any atom is -0.397 e. The molecule has 1 aromatic carbocycles. The third-order valence-corrected chi connectivity index (χ3v) is 3.12. The summed E-state index contributed by atoms with van der Waals surface area (Å²) in [5.41, 5.74) is 9.20. The van der Waals surface area contributed by atoms with Gasteiger partial charge in [-0.15, -0.1) is 10.2 Å². The van der Waals surface area contributed by atoms with Gasteiger partial charge in [0, 0.05) is 5.39 Å². The second-order valence-electron chi connectivity index (χ2n) is 3.69. The van der Waals surface area contributed by atoms with Crippen molar-refractivity contribution in [2.45, 2.75) is 0 Å². The minimum absolute atomic E-state index is 0.262. The van der Waals surface area contributed by atoms with Gasteiger partial charge >= 0.3 is 0 Å². The number of nitrogen functional groups attached to an aromatic ring is 1. The molecule has 3 rings (SSSR count). The topological polar surface area (TPSA) is 96.7 Å². The maximum Gasteiger partial charge on any atom is 0.273 e. The SMILES string of the molecule is Nc1cccc2cc(C(=O)Nc3nncs3)[nH]c12. The zero-order chi connectivity index (χ0) is 12.5. The monoisotopic (exact) mass is 259 g/mol. The van der Waals surface area contributed by atoms with Crippen LogP contribution in [0.25, 0.3) is 10.9 Å². The van der Waals surface area contributed by atoms with E-state index in [0.29, 0.717) is 16.5 Å². The number of hydrogen-bond acceptors (Lipinski definition) is 5. The summed E-state index contributed by atoms with van der Waals surface area (Å²) in [4.78, 5) is 14.9. The average molecular weight is 259 g/mol. The number of nitrogens with two attached hydrogens (primary N) is 1. The molecule has 4 N–H and O–H groups in total. The molecule has 0 spiro atoms. The van der Waals surface area contributed by atoms with Gasteiger partial charge in [-0.05, 0) is 12.1 Å². The molecule has 0 radical (unpaired) electrons. The van der Waals surface area contributed by atoms with Crippen LogP contribution in [0.5, 0.6) is 0 Å². The number of benzene rings is 1. The van der Waals surface area contributed by atoms with Crippen LogP contribution in [0, 0.1) is 0 Å². The summed E-state index contributed by atoms with van der Waals surface area (Å²) in [5, 5.41) is 11.4. The van der Waals surface area contributed by atoms with Gasteiger partial charge in [-0.25, -0.2) is 0 Å². The van der Waals surface area contributed by atoms with E-state index in [2.05, 4.69) is 20.5 Å². The third kappa shape index (κ3) is 1.80. The molecule has 6 nitrogen and oxygen atoms in total. The zero-order valence-electron chi connectivity index (χ0n) is 9.18. The molecule has 0 aliphatic heterocycles. The number of carbonyl (C=O) groups excluding carboxylic acids is 1. The second kappa shape index (κ2) is 4.11. The molecule has 2 aromatic heterocycles. The molecule has 3 aromatic rings. The number of hydrogen-bond donors (Lipinski definition) is 3. The highest BCUT2D eigenvalue weighted by molar-refractivity contribution is 7.13. The summed E-state index contributed by atoms with van der Waals surface area (Å²) in [5.74, 6) is -0.262. The van der Waals surface area contributed by atoms with E-state index >= 15 is 0 Å². The Kier molecular flexibility index (Phi) is 2.45. The molecular formula is C11H9N5OS. The Morgan fingerprint density at radius 1 is 1.44 bits per heavy atom. The molecule has 0 aliphatic rings. The smallest absolute Gasteiger partial charge is 0.273 e. The third-order valence-electron chi connectivity index (χ3n) is 2.51. The molecule has 90 valence electrons. The highest BCUT2D eigenvalue weighted by Gasteiger charge is 2.12. The molecule has 0 saturated heterocycles. The summed E-state index contributed by atoms with van der Waals surface area (Å²) in [6, 6.07) is 7.27. The van der Waals surface area contributed by atoms with E-state index in [1.54, 1.807) is 17.6 Å². The number of rotatable bonds is 2. The molecule has 2 heterocycles. The number of H-pyrrole nitrogens is 1. The van der Waals surface area contributed by atoms with Gasteiger partial charge in [0.25, 0.3) is 5.91 Å². The lowest BCUT2D eigenvalue weighted by atomic mass is 10.2. The molecular weight excluding hydrogens is 250 g/mol. The first-order chi connectivity index (χ1) is 8.74. The van der Waals surface area contributed by atoms with Crippen molar-refractivity contribution in [3.8, 4) is 0 Å². The van der Waals surface area contributed by atoms with Crippen molar-refractivity contribution >= 4 is 39.0 Å². The van der Waals surface area contributed by atoms with Crippen LogP contribution in [0.3, 0.4) is 0 Å². The van der Waals surface area contributed by atoms with Crippen LogP contribution in [-0.2, 0) is 0 Å². The lowest BCUT2D eigenvalue weighted by Gasteiger charge is -1.97. The van der Waals surface area contributed by atoms with E-state index in [-0.39, 0.29) is 5.91 Å². The molecule has 0 aliphatic carbocycles. The number of fused-ring (bicyclic) bond motifs is 1. The number of anilines is 2. The van der Waals surface area contributed by atoms with Crippen LogP contribution in [-0.4, -0.2) is 21.1 Å². The van der Waals surface area contributed by atoms with Gasteiger partial charge in [0.15, 0.2) is 0 Å². The Balaban J connectivity index is 1.94. The Morgan fingerprint density at radius 2 is 2.33 bits per heavy atom. The summed E-state index contributed by atoms with van der Waals surface area (Å²) >= 11 is 1.26. The number of para-hydroxylation sites is 1. The second-order valence-corrected chi connectivity index (χ2v) is 4.53. The minimum atomic E-state index is -0.262. The van der Waals surface area contributed by atoms with E-state index in [4.69, 9.17) is 5.73 Å². The first kappa shape index (κ1) is 10.7. The van der Waals surface area contributed by atoms with Crippen LogP contribution >= 0.6 is 11.3 Å². The molecule has 0 fully saturated rings. The Morgan fingerprint density at radius 3 is 3.06 bits per heavy atom. The van der Waals surface area contributed by atoms with Crippen molar-refractivity contribution < 1.29 is 4.79 Å². The van der Waals surface area contributed by atoms with E-state index < -0.39 is 0 Å². The molecule has 0 saturated carbocycles. The summed E-state index contributed by atoms with van der Waals surface area (Å²) in [7, 11) is 0. The average Bonchev–Trinajstić information content (AvgIpc) is 2.97. The van der Waals surface area contributed by atoms with Crippen molar-refractivity contribution in [2.24, 2.45) is 0 Å². The molecule has 0 atom stereocenters. The first-order valence-corrected chi connectivity index (χ1v) is 6.07. The molecule has 0 unspecified atom stereocenters. The van der Waals surface area contributed by atoms with Crippen molar-refractivity contribution in [1.29, 1.82) is 0 Å². The number of carbonyl (C=O) groups is 1. The van der Waals surface area contributed by atoms with Gasteiger partial charge in [-0.1, -0.05) is 23.5 Å². The van der Waals surface area contributed by atoms with E-state index in [0.717, 1.165) is 10.9 Å². The van der Waals surface area contributed by atoms with Crippen LogP contribution in [0.4, 0.5) is 10.8 Å². The fourth-order valence-corrected chi connectivity index (χ4v) is 2.13. The van der Waals surface area contributed by atoms with E-state index in [1.807, 2.05) is 12.1 Å². The predicted molar refractivity (Wildman–Crippen MR) is 70.6 cm³/mol. The van der Waals surface area contributed by atoms with E-state index in [1.165, 1.54) is 11.3 Å². The summed E-state index contributed by atoms with van der Waals surface area (Å²) < 4.78 is 0. The highest BCUT2D eigenvalue weighted by atomic mass is 32.1. The Hall–Kier alpha value is -2.41. The fourth-order valence-electron chi connectivity index (χ4n) is 1.69. The van der Waals surface area contributed by atoms with Crippen molar-refractivity contribution in [3.63, 3.8) is 0 Å². The van der Waals surface area contributed by atoms with Crippen LogP contribution in [0.15, 0.2) is 29.8 Å². The van der Waals surface area contributed by atoms with Gasteiger partial charge in [0.2, 0.25) is 5.13 Å². The van der Waals surface area contributed by atoms with Crippen molar-refractivity contribution in [2.75, 3.05) is 11.1 Å². The zero-order valence-corrected chi connectivity index (χ0v) is 9.99. The number of nitrogens with zero attached hydrogens (tertiary/aromatic N) is 2. The number of aromatic amines is 1. The van der Waals surface area contributed by atoms with Crippen molar-refractivity contribution in [3.05, 3.63) is 35.5 Å². The quantitative estimate of drug-likeness (QED) is 0.612. The fraction of sp³-hybridized carbons (Fsp3) is 0. The lowest BCUT2D eigenvalue weighted by molar-refractivity contribution is 0.102. The van der Waals surface area contributed by atoms with Gasteiger partial charge in [0.05, 0.1) is 11.2 Å². The summed E-state index contributed by atoms with van der Waals surface area (Å²) in [6.07, 6.45) is 0. The molecule has 1 amide bonds. The van der Waals surface area contributed by atoms with Gasteiger partial charge in [-0.2, -0.15) is 0 Å². The number of nitrogens with one attached hydrogen (secondary N) is 2. The van der Waals surface area contributed by atoms with Gasteiger partial charge < -0.3 is 10.7 Å². The van der Waals surface area contributed by atoms with Crippen molar-refractivity contribution in [1.82, 2.24) is 15.2 Å².